The molecule has 1 aliphatic rings. The molecule has 0 radical (unpaired) electrons. The van der Waals surface area contributed by atoms with Gasteiger partial charge in [0, 0.05) is 25.4 Å². The molecule has 0 bridgehead atoms. The fraction of sp³-hybridized carbons (Fsp3) is 0.250. The maximum absolute atomic E-state index is 2.33. The Bertz CT molecular complexity index is 879. The van der Waals surface area contributed by atoms with Crippen LogP contribution in [0.25, 0.3) is 23.2 Å². The molecule has 1 aromatic heterocycles. The van der Waals surface area contributed by atoms with Gasteiger partial charge in [-0.3, -0.25) is 0 Å². The zero-order chi connectivity index (χ0) is 16.0. The second-order valence-corrected chi connectivity index (χ2v) is 6.36. The van der Waals surface area contributed by atoms with Gasteiger partial charge >= 0.3 is 0 Å². The van der Waals surface area contributed by atoms with Gasteiger partial charge in [-0.1, -0.05) is 18.2 Å². The van der Waals surface area contributed by atoms with Crippen molar-refractivity contribution in [3.63, 3.8) is 0 Å². The number of imidazole rings is 1. The lowest BCUT2D eigenvalue weighted by atomic mass is 10.1. The average molecular weight is 304 g/mol. The molecule has 3 aromatic rings. The molecule has 4 rings (SSSR count). The Balaban J connectivity index is 1.72. The number of hydrogen-bond acceptors (Lipinski definition) is 1. The summed E-state index contributed by atoms with van der Waals surface area (Å²) in [7, 11) is 6.41. The topological polar surface area (TPSA) is 12.1 Å². The second-order valence-electron chi connectivity index (χ2n) is 6.36. The van der Waals surface area contributed by atoms with Gasteiger partial charge in [-0.05, 0) is 47.9 Å². The molecule has 0 saturated carbocycles. The second kappa shape index (κ2) is 5.27. The smallest absolute Gasteiger partial charge is 0.281 e. The van der Waals surface area contributed by atoms with E-state index in [0.717, 1.165) is 13.0 Å². The van der Waals surface area contributed by atoms with Crippen LogP contribution in [0.15, 0.2) is 42.5 Å². The molecule has 0 unspecified atom stereocenters. The largest absolute Gasteiger partial charge is 0.374 e. The van der Waals surface area contributed by atoms with E-state index in [4.69, 9.17) is 0 Å². The Morgan fingerprint density at radius 1 is 1.04 bits per heavy atom. The van der Waals surface area contributed by atoms with Crippen molar-refractivity contribution in [3.8, 4) is 0 Å². The first-order valence-electron chi connectivity index (χ1n) is 8.11. The summed E-state index contributed by atoms with van der Waals surface area (Å²) in [5.74, 6) is 1.20. The summed E-state index contributed by atoms with van der Waals surface area (Å²) in [6, 6.07) is 15.3. The predicted octanol–water partition coefficient (Wildman–Crippen LogP) is 3.17. The minimum absolute atomic E-state index is 1.13. The molecule has 0 spiro atoms. The number of benzene rings is 2. The summed E-state index contributed by atoms with van der Waals surface area (Å²) in [6.45, 7) is 1.13. The summed E-state index contributed by atoms with van der Waals surface area (Å²) in [5, 5.41) is 0. The van der Waals surface area contributed by atoms with Crippen molar-refractivity contribution in [2.24, 2.45) is 14.1 Å². The third kappa shape index (κ3) is 2.24. The minimum atomic E-state index is 1.13. The van der Waals surface area contributed by atoms with Crippen molar-refractivity contribution in [2.45, 2.75) is 6.42 Å². The number of nitrogens with zero attached hydrogens (tertiary/aromatic N) is 3. The molecule has 3 heteroatoms. The molecule has 0 N–H and O–H groups in total. The third-order valence-corrected chi connectivity index (χ3v) is 4.95. The number of fused-ring (bicyclic) bond motifs is 2. The van der Waals surface area contributed by atoms with E-state index in [1.165, 1.54) is 33.7 Å². The summed E-state index contributed by atoms with van der Waals surface area (Å²) in [4.78, 5) is 2.33. The first-order valence-corrected chi connectivity index (χ1v) is 8.11. The van der Waals surface area contributed by atoms with Crippen LogP contribution in [0.3, 0.4) is 0 Å². The molecular weight excluding hydrogens is 282 g/mol. The number of likely N-dealkylation sites (N-methyl/N-ethyl adjacent to an activating group) is 1. The van der Waals surface area contributed by atoms with E-state index in [1.807, 2.05) is 0 Å². The van der Waals surface area contributed by atoms with E-state index in [-0.39, 0.29) is 0 Å². The molecule has 0 aliphatic carbocycles. The maximum Gasteiger partial charge on any atom is 0.281 e. The van der Waals surface area contributed by atoms with Crippen molar-refractivity contribution in [3.05, 3.63) is 59.4 Å². The Morgan fingerprint density at radius 3 is 2.70 bits per heavy atom. The van der Waals surface area contributed by atoms with Crippen molar-refractivity contribution >= 4 is 28.9 Å². The van der Waals surface area contributed by atoms with Gasteiger partial charge in [0.25, 0.3) is 5.82 Å². The molecule has 0 amide bonds. The van der Waals surface area contributed by atoms with Gasteiger partial charge < -0.3 is 4.90 Å². The van der Waals surface area contributed by atoms with Crippen LogP contribution in [0.2, 0.25) is 0 Å². The van der Waals surface area contributed by atoms with E-state index < -0.39 is 0 Å². The first-order chi connectivity index (χ1) is 11.1. The number of hydrogen-bond donors (Lipinski definition) is 0. The number of aromatic nitrogens is 2. The maximum atomic E-state index is 2.33. The Morgan fingerprint density at radius 2 is 1.87 bits per heavy atom. The molecular formula is C20H22N3+. The monoisotopic (exact) mass is 304 g/mol. The standard InChI is InChI=1S/C20H22N3/c1-21-13-12-16-14-15(8-10-17(16)21)9-11-20-22(2)18-6-4-5-7-19(18)23(20)3/h4-11,14H,12-13H2,1-3H3/q+1. The molecule has 23 heavy (non-hydrogen) atoms. The van der Waals surface area contributed by atoms with Crippen LogP contribution < -0.4 is 9.47 Å². The molecule has 116 valence electrons. The van der Waals surface area contributed by atoms with Gasteiger partial charge in [-0.25, -0.2) is 9.13 Å². The van der Waals surface area contributed by atoms with Crippen molar-refractivity contribution < 1.29 is 4.57 Å². The lowest BCUT2D eigenvalue weighted by Gasteiger charge is -2.11. The lowest BCUT2D eigenvalue weighted by molar-refractivity contribution is -0.647. The Labute approximate surface area is 137 Å². The van der Waals surface area contributed by atoms with Crippen LogP contribution in [-0.2, 0) is 20.5 Å². The molecule has 0 atom stereocenters. The van der Waals surface area contributed by atoms with Crippen molar-refractivity contribution in [2.75, 3.05) is 18.5 Å². The lowest BCUT2D eigenvalue weighted by Crippen LogP contribution is -2.30. The SMILES string of the molecule is CN1CCc2cc(/C=C/c3n(C)c4ccccc4[n+]3C)ccc21. The highest BCUT2D eigenvalue weighted by Gasteiger charge is 2.17. The number of aryl methyl sites for hydroxylation is 2. The quantitative estimate of drug-likeness (QED) is 0.662. The van der Waals surface area contributed by atoms with Gasteiger partial charge in [0.05, 0.1) is 14.1 Å². The predicted molar refractivity (Wildman–Crippen MR) is 96.4 cm³/mol. The Kier molecular flexibility index (Phi) is 3.22. The van der Waals surface area contributed by atoms with Crippen LogP contribution in [0.5, 0.6) is 0 Å². The van der Waals surface area contributed by atoms with Crippen LogP contribution in [0.1, 0.15) is 17.0 Å². The molecule has 2 heterocycles. The fourth-order valence-electron chi connectivity index (χ4n) is 3.59. The third-order valence-electron chi connectivity index (χ3n) is 4.95. The highest BCUT2D eigenvalue weighted by molar-refractivity contribution is 5.76. The summed E-state index contributed by atoms with van der Waals surface area (Å²) < 4.78 is 4.49. The van der Waals surface area contributed by atoms with Gasteiger partial charge in [0.2, 0.25) is 0 Å². The summed E-state index contributed by atoms with van der Waals surface area (Å²) >= 11 is 0. The number of rotatable bonds is 2. The van der Waals surface area contributed by atoms with Crippen molar-refractivity contribution in [1.29, 1.82) is 0 Å². The fourth-order valence-corrected chi connectivity index (χ4v) is 3.59. The average Bonchev–Trinajstić information content (AvgIpc) is 3.05. The van der Waals surface area contributed by atoms with Crippen molar-refractivity contribution in [1.82, 2.24) is 4.57 Å². The zero-order valence-electron chi connectivity index (χ0n) is 14.0. The first kappa shape index (κ1) is 14.1. The van der Waals surface area contributed by atoms with Gasteiger partial charge in [-0.2, -0.15) is 0 Å². The van der Waals surface area contributed by atoms with E-state index >= 15 is 0 Å². The highest BCUT2D eigenvalue weighted by atomic mass is 15.1. The Hall–Kier alpha value is -2.55. The molecule has 0 saturated heterocycles. The van der Waals surface area contributed by atoms with Gasteiger partial charge in [-0.15, -0.1) is 0 Å². The van der Waals surface area contributed by atoms with Crippen LogP contribution >= 0.6 is 0 Å². The molecule has 0 fully saturated rings. The van der Waals surface area contributed by atoms with E-state index in [0.29, 0.717) is 0 Å². The van der Waals surface area contributed by atoms with Crippen LogP contribution in [0.4, 0.5) is 5.69 Å². The highest BCUT2D eigenvalue weighted by Crippen LogP contribution is 2.28. The van der Waals surface area contributed by atoms with Gasteiger partial charge in [0.1, 0.15) is 0 Å². The summed E-state index contributed by atoms with van der Waals surface area (Å²) in [5.41, 5.74) is 6.60. The number of para-hydroxylation sites is 2. The van der Waals surface area contributed by atoms with E-state index in [1.54, 1.807) is 0 Å². The van der Waals surface area contributed by atoms with Crippen LogP contribution in [0, 0.1) is 0 Å². The number of anilines is 1. The zero-order valence-corrected chi connectivity index (χ0v) is 14.0. The minimum Gasteiger partial charge on any atom is -0.374 e. The van der Waals surface area contributed by atoms with E-state index in [9.17, 15) is 0 Å². The normalized spacial score (nSPS) is 14.1. The van der Waals surface area contributed by atoms with Gasteiger partial charge in [0.15, 0.2) is 11.0 Å². The summed E-state index contributed by atoms with van der Waals surface area (Å²) in [6.07, 6.45) is 5.57. The van der Waals surface area contributed by atoms with Crippen LogP contribution in [-0.4, -0.2) is 18.2 Å². The molecule has 3 nitrogen and oxygen atoms in total. The molecule has 1 aliphatic heterocycles. The van der Waals surface area contributed by atoms with E-state index in [2.05, 4.69) is 89.8 Å². The molecule has 2 aromatic carbocycles.